The van der Waals surface area contributed by atoms with E-state index in [2.05, 4.69) is 11.6 Å². The summed E-state index contributed by atoms with van der Waals surface area (Å²) in [5, 5.41) is 0. The normalized spacial score (nSPS) is 10.6. The number of aryl methyl sites for hydroxylation is 2. The summed E-state index contributed by atoms with van der Waals surface area (Å²) in [6.07, 6.45) is 5.22. The van der Waals surface area contributed by atoms with Gasteiger partial charge in [-0.1, -0.05) is 12.7 Å². The third-order valence-corrected chi connectivity index (χ3v) is 2.57. The van der Waals surface area contributed by atoms with Gasteiger partial charge in [0.15, 0.2) is 0 Å². The van der Waals surface area contributed by atoms with E-state index >= 15 is 0 Å². The molecule has 92 valence electrons. The molecular formula is C14H19NO2. The predicted molar refractivity (Wildman–Crippen MR) is 70.2 cm³/mol. The van der Waals surface area contributed by atoms with Gasteiger partial charge in [-0.25, -0.2) is 0 Å². The Morgan fingerprint density at radius 1 is 1.24 bits per heavy atom. The molecule has 0 aliphatic carbocycles. The Hall–Kier alpha value is -1.77. The second-order valence-corrected chi connectivity index (χ2v) is 3.79. The lowest BCUT2D eigenvalue weighted by Gasteiger charge is -2.14. The molecule has 0 aromatic carbocycles. The van der Waals surface area contributed by atoms with E-state index in [1.165, 1.54) is 0 Å². The summed E-state index contributed by atoms with van der Waals surface area (Å²) >= 11 is 0. The SMILES string of the molecule is C=CCOc1c(C)c(C)nc(C)c1/C=C/OC. The van der Waals surface area contributed by atoms with Gasteiger partial charge in [-0.3, -0.25) is 4.98 Å². The molecule has 0 saturated heterocycles. The molecule has 0 unspecified atom stereocenters. The van der Waals surface area contributed by atoms with E-state index in [0.717, 1.165) is 28.3 Å². The van der Waals surface area contributed by atoms with E-state index in [0.29, 0.717) is 6.61 Å². The van der Waals surface area contributed by atoms with Crippen molar-refractivity contribution in [1.82, 2.24) is 4.98 Å². The summed E-state index contributed by atoms with van der Waals surface area (Å²) in [5.41, 5.74) is 3.92. The minimum absolute atomic E-state index is 0.484. The minimum Gasteiger partial charge on any atom is -0.504 e. The van der Waals surface area contributed by atoms with Crippen LogP contribution in [0.25, 0.3) is 6.08 Å². The van der Waals surface area contributed by atoms with Crippen molar-refractivity contribution in [2.75, 3.05) is 13.7 Å². The van der Waals surface area contributed by atoms with Crippen LogP contribution >= 0.6 is 0 Å². The predicted octanol–water partition coefficient (Wildman–Crippen LogP) is 3.19. The zero-order valence-corrected chi connectivity index (χ0v) is 10.9. The average Bonchev–Trinajstić information content (AvgIpc) is 2.30. The van der Waals surface area contributed by atoms with E-state index in [4.69, 9.17) is 9.47 Å². The summed E-state index contributed by atoms with van der Waals surface area (Å²) in [6, 6.07) is 0. The molecular weight excluding hydrogens is 214 g/mol. The Bertz CT molecular complexity index is 436. The highest BCUT2D eigenvalue weighted by Gasteiger charge is 2.12. The summed E-state index contributed by atoms with van der Waals surface area (Å²) < 4.78 is 10.7. The first-order chi connectivity index (χ1) is 8.11. The number of rotatable bonds is 5. The van der Waals surface area contributed by atoms with E-state index in [1.54, 1.807) is 19.4 Å². The van der Waals surface area contributed by atoms with Crippen LogP contribution in [0, 0.1) is 20.8 Å². The van der Waals surface area contributed by atoms with Crippen molar-refractivity contribution in [3.63, 3.8) is 0 Å². The number of methoxy groups -OCH3 is 1. The fraction of sp³-hybridized carbons (Fsp3) is 0.357. The van der Waals surface area contributed by atoms with Gasteiger partial charge in [0, 0.05) is 22.5 Å². The third-order valence-electron chi connectivity index (χ3n) is 2.57. The van der Waals surface area contributed by atoms with Gasteiger partial charge in [-0.05, 0) is 26.8 Å². The second kappa shape index (κ2) is 6.09. The molecule has 0 saturated carbocycles. The second-order valence-electron chi connectivity index (χ2n) is 3.79. The van der Waals surface area contributed by atoms with Gasteiger partial charge >= 0.3 is 0 Å². The molecule has 0 fully saturated rings. The van der Waals surface area contributed by atoms with Gasteiger partial charge in [0.2, 0.25) is 0 Å². The van der Waals surface area contributed by atoms with Crippen molar-refractivity contribution in [2.45, 2.75) is 20.8 Å². The van der Waals surface area contributed by atoms with Gasteiger partial charge < -0.3 is 9.47 Å². The molecule has 0 N–H and O–H groups in total. The van der Waals surface area contributed by atoms with Crippen molar-refractivity contribution < 1.29 is 9.47 Å². The van der Waals surface area contributed by atoms with Crippen LogP contribution < -0.4 is 4.74 Å². The lowest BCUT2D eigenvalue weighted by atomic mass is 10.1. The fourth-order valence-electron chi connectivity index (χ4n) is 1.59. The Balaban J connectivity index is 3.27. The highest BCUT2D eigenvalue weighted by atomic mass is 16.5. The standard InChI is InChI=1S/C14H19NO2/c1-6-8-17-14-10(2)11(3)15-12(4)13(14)7-9-16-5/h6-7,9H,1,8H2,2-5H3/b9-7+. The van der Waals surface area contributed by atoms with Crippen LogP contribution in [0.2, 0.25) is 0 Å². The molecule has 1 rings (SSSR count). The molecule has 3 nitrogen and oxygen atoms in total. The third kappa shape index (κ3) is 3.09. The van der Waals surface area contributed by atoms with Crippen LogP contribution in [-0.2, 0) is 4.74 Å². The van der Waals surface area contributed by atoms with Crippen molar-refractivity contribution in [3.05, 3.63) is 41.4 Å². The molecule has 1 heterocycles. The van der Waals surface area contributed by atoms with Gasteiger partial charge in [0.05, 0.1) is 13.4 Å². The van der Waals surface area contributed by atoms with Crippen LogP contribution in [0.5, 0.6) is 5.75 Å². The maximum absolute atomic E-state index is 5.71. The Labute approximate surface area is 103 Å². The molecule has 0 aliphatic heterocycles. The number of pyridine rings is 1. The van der Waals surface area contributed by atoms with Crippen molar-refractivity contribution in [2.24, 2.45) is 0 Å². The molecule has 1 aromatic heterocycles. The summed E-state index contributed by atoms with van der Waals surface area (Å²) in [6.45, 7) is 10.1. The molecule has 0 bridgehead atoms. The fourth-order valence-corrected chi connectivity index (χ4v) is 1.59. The van der Waals surface area contributed by atoms with Crippen LogP contribution in [0.3, 0.4) is 0 Å². The Morgan fingerprint density at radius 2 is 1.94 bits per heavy atom. The monoisotopic (exact) mass is 233 g/mol. The van der Waals surface area contributed by atoms with Gasteiger partial charge in [-0.15, -0.1) is 0 Å². The Morgan fingerprint density at radius 3 is 2.53 bits per heavy atom. The number of ether oxygens (including phenoxy) is 2. The smallest absolute Gasteiger partial charge is 0.133 e. The molecule has 0 amide bonds. The largest absolute Gasteiger partial charge is 0.504 e. The number of nitrogens with zero attached hydrogens (tertiary/aromatic N) is 1. The highest BCUT2D eigenvalue weighted by molar-refractivity contribution is 5.62. The van der Waals surface area contributed by atoms with E-state index in [-0.39, 0.29) is 0 Å². The maximum Gasteiger partial charge on any atom is 0.133 e. The Kier molecular flexibility index (Phi) is 4.76. The first-order valence-electron chi connectivity index (χ1n) is 5.52. The summed E-state index contributed by atoms with van der Waals surface area (Å²) in [5.74, 6) is 0.850. The lowest BCUT2D eigenvalue weighted by molar-refractivity contribution is 0.340. The molecule has 3 heteroatoms. The summed E-state index contributed by atoms with van der Waals surface area (Å²) in [7, 11) is 1.62. The zero-order chi connectivity index (χ0) is 12.8. The molecule has 1 aromatic rings. The highest BCUT2D eigenvalue weighted by Crippen LogP contribution is 2.28. The van der Waals surface area contributed by atoms with Crippen LogP contribution in [-0.4, -0.2) is 18.7 Å². The van der Waals surface area contributed by atoms with Crippen molar-refractivity contribution in [1.29, 1.82) is 0 Å². The quantitative estimate of drug-likeness (QED) is 0.578. The zero-order valence-electron chi connectivity index (χ0n) is 10.9. The van der Waals surface area contributed by atoms with Crippen LogP contribution in [0.15, 0.2) is 18.9 Å². The molecule has 0 radical (unpaired) electrons. The average molecular weight is 233 g/mol. The van der Waals surface area contributed by atoms with Crippen LogP contribution in [0.1, 0.15) is 22.5 Å². The first-order valence-corrected chi connectivity index (χ1v) is 5.52. The number of hydrogen-bond acceptors (Lipinski definition) is 3. The molecule has 17 heavy (non-hydrogen) atoms. The maximum atomic E-state index is 5.71. The minimum atomic E-state index is 0.484. The van der Waals surface area contributed by atoms with E-state index < -0.39 is 0 Å². The lowest BCUT2D eigenvalue weighted by Crippen LogP contribution is -2.03. The van der Waals surface area contributed by atoms with Gasteiger partial charge in [0.25, 0.3) is 0 Å². The van der Waals surface area contributed by atoms with Crippen molar-refractivity contribution in [3.8, 4) is 5.75 Å². The van der Waals surface area contributed by atoms with E-state index in [9.17, 15) is 0 Å². The molecule has 0 spiro atoms. The first kappa shape index (κ1) is 13.3. The summed E-state index contributed by atoms with van der Waals surface area (Å²) in [4.78, 5) is 4.48. The topological polar surface area (TPSA) is 31.4 Å². The molecule has 0 aliphatic rings. The van der Waals surface area contributed by atoms with E-state index in [1.807, 2.05) is 26.8 Å². The van der Waals surface area contributed by atoms with Gasteiger partial charge in [-0.2, -0.15) is 0 Å². The number of hydrogen-bond donors (Lipinski definition) is 0. The van der Waals surface area contributed by atoms with Crippen molar-refractivity contribution >= 4 is 6.08 Å². The van der Waals surface area contributed by atoms with Gasteiger partial charge in [0.1, 0.15) is 12.4 Å². The van der Waals surface area contributed by atoms with Crippen LogP contribution in [0.4, 0.5) is 0 Å². The number of aromatic nitrogens is 1. The molecule has 0 atom stereocenters.